The first kappa shape index (κ1) is 15.3. The fraction of sp³-hybridized carbons (Fsp3) is 0.353. The number of anilines is 1. The predicted octanol–water partition coefficient (Wildman–Crippen LogP) is 2.12. The molecule has 3 rings (SSSR count). The molecule has 0 spiro atoms. The van der Waals surface area contributed by atoms with Crippen molar-refractivity contribution in [1.82, 2.24) is 14.6 Å². The van der Waals surface area contributed by atoms with E-state index in [4.69, 9.17) is 9.82 Å². The lowest BCUT2D eigenvalue weighted by molar-refractivity contribution is -0.885. The molecule has 3 aromatic rings. The SMILES string of the molecule is CO[n+]1cccc(CNc2cc(C(C)C)nc3c(C)cnn23)c1. The lowest BCUT2D eigenvalue weighted by atomic mass is 10.1. The zero-order valence-electron chi connectivity index (χ0n) is 13.9. The minimum atomic E-state index is 0.363. The summed E-state index contributed by atoms with van der Waals surface area (Å²) in [5.41, 5.74) is 4.16. The van der Waals surface area contributed by atoms with Gasteiger partial charge in [0.25, 0.3) is 0 Å². The highest BCUT2D eigenvalue weighted by atomic mass is 16.6. The Morgan fingerprint density at radius 3 is 2.96 bits per heavy atom. The maximum absolute atomic E-state index is 5.19. The van der Waals surface area contributed by atoms with Crippen molar-refractivity contribution in [3.8, 4) is 0 Å². The number of fused-ring (bicyclic) bond motifs is 1. The van der Waals surface area contributed by atoms with Gasteiger partial charge in [0.15, 0.2) is 5.65 Å². The van der Waals surface area contributed by atoms with Gasteiger partial charge in [-0.2, -0.15) is 9.61 Å². The van der Waals surface area contributed by atoms with E-state index in [0.717, 1.165) is 28.3 Å². The summed E-state index contributed by atoms with van der Waals surface area (Å²) < 4.78 is 3.53. The van der Waals surface area contributed by atoms with Gasteiger partial charge in [-0.15, -0.1) is 0 Å². The first-order valence-electron chi connectivity index (χ1n) is 7.72. The molecule has 0 bridgehead atoms. The molecular weight excluding hydrogens is 290 g/mol. The van der Waals surface area contributed by atoms with E-state index >= 15 is 0 Å². The van der Waals surface area contributed by atoms with Crippen molar-refractivity contribution in [2.45, 2.75) is 33.2 Å². The Morgan fingerprint density at radius 1 is 1.39 bits per heavy atom. The number of hydrogen-bond acceptors (Lipinski definition) is 4. The molecule has 0 radical (unpaired) electrons. The summed E-state index contributed by atoms with van der Waals surface area (Å²) in [5.74, 6) is 1.31. The van der Waals surface area contributed by atoms with Gasteiger partial charge in [-0.25, -0.2) is 4.98 Å². The van der Waals surface area contributed by atoms with Crippen LogP contribution in [-0.4, -0.2) is 21.7 Å². The van der Waals surface area contributed by atoms with E-state index in [1.54, 1.807) is 11.8 Å². The van der Waals surface area contributed by atoms with Crippen LogP contribution in [0.15, 0.2) is 36.8 Å². The highest BCUT2D eigenvalue weighted by Gasteiger charge is 2.12. The molecule has 0 aliphatic carbocycles. The zero-order chi connectivity index (χ0) is 16.4. The maximum Gasteiger partial charge on any atom is 0.227 e. The number of aromatic nitrogens is 4. The number of aryl methyl sites for hydroxylation is 1. The molecule has 6 nitrogen and oxygen atoms in total. The summed E-state index contributed by atoms with van der Waals surface area (Å²) in [5, 5.41) is 7.88. The smallest absolute Gasteiger partial charge is 0.227 e. The van der Waals surface area contributed by atoms with Crippen LogP contribution in [0.3, 0.4) is 0 Å². The van der Waals surface area contributed by atoms with Crippen molar-refractivity contribution in [3.05, 3.63) is 53.6 Å². The quantitative estimate of drug-likeness (QED) is 0.733. The van der Waals surface area contributed by atoms with Crippen molar-refractivity contribution < 1.29 is 9.57 Å². The molecule has 6 heteroatoms. The summed E-state index contributed by atoms with van der Waals surface area (Å²) in [4.78, 5) is 9.91. The van der Waals surface area contributed by atoms with Crippen molar-refractivity contribution >= 4 is 11.5 Å². The van der Waals surface area contributed by atoms with Crippen LogP contribution in [0.25, 0.3) is 5.65 Å². The van der Waals surface area contributed by atoms with Crippen LogP contribution in [0.2, 0.25) is 0 Å². The van der Waals surface area contributed by atoms with Gasteiger partial charge in [0, 0.05) is 40.2 Å². The summed E-state index contributed by atoms with van der Waals surface area (Å²) in [7, 11) is 1.64. The van der Waals surface area contributed by atoms with Gasteiger partial charge in [0.1, 0.15) is 12.9 Å². The van der Waals surface area contributed by atoms with Crippen molar-refractivity contribution in [2.24, 2.45) is 0 Å². The third-order valence-electron chi connectivity index (χ3n) is 3.78. The number of rotatable bonds is 5. The summed E-state index contributed by atoms with van der Waals surface area (Å²) in [6.45, 7) is 7.00. The topological polar surface area (TPSA) is 55.3 Å². The molecular formula is C17H22N5O+. The minimum Gasteiger partial charge on any atom is -0.366 e. The number of nitrogens with zero attached hydrogens (tertiary/aromatic N) is 4. The van der Waals surface area contributed by atoms with Gasteiger partial charge < -0.3 is 5.32 Å². The molecule has 3 heterocycles. The average Bonchev–Trinajstić information content (AvgIpc) is 2.94. The molecule has 3 aromatic heterocycles. The highest BCUT2D eigenvalue weighted by Crippen LogP contribution is 2.20. The van der Waals surface area contributed by atoms with Gasteiger partial charge in [-0.05, 0) is 18.9 Å². The minimum absolute atomic E-state index is 0.363. The monoisotopic (exact) mass is 312 g/mol. The number of hydrogen-bond donors (Lipinski definition) is 1. The molecule has 0 atom stereocenters. The summed E-state index contributed by atoms with van der Waals surface area (Å²) in [6, 6.07) is 6.08. The Balaban J connectivity index is 1.92. The Hall–Kier alpha value is -2.63. The van der Waals surface area contributed by atoms with Crippen LogP contribution >= 0.6 is 0 Å². The third-order valence-corrected chi connectivity index (χ3v) is 3.78. The van der Waals surface area contributed by atoms with Crippen molar-refractivity contribution in [2.75, 3.05) is 12.4 Å². The normalized spacial score (nSPS) is 11.2. The molecule has 0 unspecified atom stereocenters. The van der Waals surface area contributed by atoms with Crippen molar-refractivity contribution in [1.29, 1.82) is 0 Å². The van der Waals surface area contributed by atoms with Crippen LogP contribution in [-0.2, 0) is 6.54 Å². The molecule has 120 valence electrons. The molecule has 0 fully saturated rings. The second-order valence-electron chi connectivity index (χ2n) is 5.89. The first-order chi connectivity index (χ1) is 11.1. The van der Waals surface area contributed by atoms with Crippen LogP contribution in [0.4, 0.5) is 5.82 Å². The third kappa shape index (κ3) is 3.11. The fourth-order valence-corrected chi connectivity index (χ4v) is 2.42. The number of nitrogens with one attached hydrogen (secondary N) is 1. The molecule has 0 aromatic carbocycles. The second-order valence-corrected chi connectivity index (χ2v) is 5.89. The maximum atomic E-state index is 5.19. The molecule has 23 heavy (non-hydrogen) atoms. The van der Waals surface area contributed by atoms with Crippen LogP contribution in [0, 0.1) is 6.92 Å². The highest BCUT2D eigenvalue weighted by molar-refractivity contribution is 5.54. The predicted molar refractivity (Wildman–Crippen MR) is 88.3 cm³/mol. The van der Waals surface area contributed by atoms with E-state index in [2.05, 4.69) is 36.4 Å². The molecule has 0 saturated heterocycles. The molecule has 1 N–H and O–H groups in total. The second kappa shape index (κ2) is 6.24. The standard InChI is InChI=1S/C17H22N5O/c1-12(2)15-8-16(22-17(20-15)13(3)9-19-22)18-10-14-6-5-7-21(11-14)23-4/h5-9,11-12,18H,10H2,1-4H3/q+1. The Kier molecular flexibility index (Phi) is 4.14. The number of pyridine rings is 1. The van der Waals surface area contributed by atoms with Gasteiger partial charge in [-0.3, -0.25) is 4.84 Å². The van der Waals surface area contributed by atoms with E-state index in [1.807, 2.05) is 36.1 Å². The van der Waals surface area contributed by atoms with E-state index in [1.165, 1.54) is 0 Å². The molecule has 0 aliphatic rings. The fourth-order valence-electron chi connectivity index (χ4n) is 2.42. The van der Waals surface area contributed by atoms with Gasteiger partial charge in [0.2, 0.25) is 12.4 Å². The van der Waals surface area contributed by atoms with E-state index in [-0.39, 0.29) is 0 Å². The van der Waals surface area contributed by atoms with Crippen LogP contribution in [0.1, 0.15) is 36.6 Å². The molecule has 0 saturated carbocycles. The van der Waals surface area contributed by atoms with E-state index in [9.17, 15) is 0 Å². The Morgan fingerprint density at radius 2 is 2.22 bits per heavy atom. The van der Waals surface area contributed by atoms with E-state index in [0.29, 0.717) is 12.5 Å². The lowest BCUT2D eigenvalue weighted by Crippen LogP contribution is -2.40. The molecule has 0 aliphatic heterocycles. The van der Waals surface area contributed by atoms with Gasteiger partial charge >= 0.3 is 0 Å². The van der Waals surface area contributed by atoms with E-state index < -0.39 is 0 Å². The first-order valence-corrected chi connectivity index (χ1v) is 7.72. The summed E-state index contributed by atoms with van der Waals surface area (Å²) >= 11 is 0. The van der Waals surface area contributed by atoms with Gasteiger partial charge in [-0.1, -0.05) is 13.8 Å². The summed E-state index contributed by atoms with van der Waals surface area (Å²) in [6.07, 6.45) is 5.66. The van der Waals surface area contributed by atoms with Crippen LogP contribution < -0.4 is 14.9 Å². The Bertz CT molecular complexity index is 825. The van der Waals surface area contributed by atoms with Crippen LogP contribution in [0.5, 0.6) is 0 Å². The van der Waals surface area contributed by atoms with Gasteiger partial charge in [0.05, 0.1) is 6.20 Å². The lowest BCUT2D eigenvalue weighted by Gasteiger charge is -2.12. The zero-order valence-corrected chi connectivity index (χ0v) is 13.9. The largest absolute Gasteiger partial charge is 0.366 e. The molecule has 0 amide bonds. The Labute approximate surface area is 135 Å². The van der Waals surface area contributed by atoms with Crippen molar-refractivity contribution in [3.63, 3.8) is 0 Å². The average molecular weight is 312 g/mol.